The van der Waals surface area contributed by atoms with Gasteiger partial charge in [0, 0.05) is 12.8 Å². The molecule has 0 aromatic heterocycles. The maximum atomic E-state index is 12.8. The van der Waals surface area contributed by atoms with Crippen LogP contribution in [0, 0.1) is 0 Å². The highest BCUT2D eigenvalue weighted by Gasteiger charge is 2.21. The maximum absolute atomic E-state index is 12.8. The number of nitrogens with zero attached hydrogens (tertiary/aromatic N) is 1. The van der Waals surface area contributed by atoms with Gasteiger partial charge < -0.3 is 33.3 Å². The van der Waals surface area contributed by atoms with Crippen LogP contribution in [-0.2, 0) is 33.3 Å². The SMILES string of the molecule is CC/C=C\C/C=C\C/C=C\C/C=C\C/C=C\C/C=C\CCCCCCCCC(=O)OC(COC(=O)CCCCCCCCCCCCCCC)COC(OCC[N+](C)(C)C)C(=O)[O-]. The van der Waals surface area contributed by atoms with Gasteiger partial charge in [-0.05, 0) is 64.2 Å². The number of carboxylic acids is 1. The summed E-state index contributed by atoms with van der Waals surface area (Å²) >= 11 is 0. The van der Waals surface area contributed by atoms with Crippen LogP contribution in [0.5, 0.6) is 0 Å². The number of carbonyl (C=O) groups is 3. The summed E-state index contributed by atoms with van der Waals surface area (Å²) in [6, 6.07) is 0. The first-order chi connectivity index (χ1) is 30.6. The van der Waals surface area contributed by atoms with Gasteiger partial charge in [0.2, 0.25) is 0 Å². The van der Waals surface area contributed by atoms with Gasteiger partial charge in [0.1, 0.15) is 13.2 Å². The van der Waals surface area contributed by atoms with Gasteiger partial charge in [0.15, 0.2) is 12.4 Å². The normalized spacial score (nSPS) is 13.5. The molecule has 0 N–H and O–H groups in total. The van der Waals surface area contributed by atoms with Gasteiger partial charge in [-0.25, -0.2) is 0 Å². The van der Waals surface area contributed by atoms with Crippen molar-refractivity contribution >= 4 is 17.9 Å². The lowest BCUT2D eigenvalue weighted by Crippen LogP contribution is -2.44. The van der Waals surface area contributed by atoms with Gasteiger partial charge in [0.25, 0.3) is 0 Å². The quantitative estimate of drug-likeness (QED) is 0.0195. The molecule has 0 saturated heterocycles. The standard InChI is InChI=1S/C54H93NO8/c1-6-8-10-12-14-16-18-20-21-22-23-24-25-26-27-28-29-30-31-33-35-37-39-41-43-45-52(57)63-50(49-62-54(53(58)59)60-47-46-55(3,4)5)48-61-51(56)44-42-40-38-36-34-32-19-17-15-13-11-9-7-2/h8,10,14,16,20-21,23-24,26-27,29-30,50,54H,6-7,9,11-13,15,17-19,22,25,28,31-49H2,1-5H3/b10-8-,16-14-,21-20-,24-23-,27-26-,30-29-. The minimum absolute atomic E-state index is 0.142. The summed E-state index contributed by atoms with van der Waals surface area (Å²) in [5, 5.41) is 11.7. The van der Waals surface area contributed by atoms with E-state index in [1.165, 1.54) is 64.2 Å². The fourth-order valence-corrected chi connectivity index (χ4v) is 6.60. The predicted molar refractivity (Wildman–Crippen MR) is 260 cm³/mol. The van der Waals surface area contributed by atoms with Crippen molar-refractivity contribution in [1.29, 1.82) is 0 Å². The van der Waals surface area contributed by atoms with Crippen molar-refractivity contribution in [3.63, 3.8) is 0 Å². The van der Waals surface area contributed by atoms with E-state index in [2.05, 4.69) is 86.8 Å². The fourth-order valence-electron chi connectivity index (χ4n) is 6.60. The van der Waals surface area contributed by atoms with Gasteiger partial charge in [-0.1, -0.05) is 189 Å². The summed E-state index contributed by atoms with van der Waals surface area (Å²) in [7, 11) is 5.90. The fraction of sp³-hybridized carbons (Fsp3) is 0.722. The van der Waals surface area contributed by atoms with Crippen molar-refractivity contribution in [2.75, 3.05) is 47.5 Å². The molecule has 0 aliphatic heterocycles. The topological polar surface area (TPSA) is 111 Å². The molecule has 0 bridgehead atoms. The van der Waals surface area contributed by atoms with E-state index in [0.717, 1.165) is 96.3 Å². The molecule has 0 aromatic carbocycles. The zero-order chi connectivity index (χ0) is 46.3. The Morgan fingerprint density at radius 1 is 0.492 bits per heavy atom. The van der Waals surface area contributed by atoms with Crippen molar-refractivity contribution in [2.24, 2.45) is 0 Å². The zero-order valence-electron chi connectivity index (χ0n) is 40.9. The van der Waals surface area contributed by atoms with E-state index < -0.39 is 24.3 Å². The number of hydrogen-bond acceptors (Lipinski definition) is 8. The van der Waals surface area contributed by atoms with Crippen LogP contribution >= 0.6 is 0 Å². The van der Waals surface area contributed by atoms with Crippen molar-refractivity contribution in [3.05, 3.63) is 72.9 Å². The van der Waals surface area contributed by atoms with Crippen molar-refractivity contribution < 1.29 is 42.9 Å². The second-order valence-electron chi connectivity index (χ2n) is 17.7. The van der Waals surface area contributed by atoms with Gasteiger partial charge >= 0.3 is 11.9 Å². The Bertz CT molecular complexity index is 1260. The first-order valence-electron chi connectivity index (χ1n) is 25.1. The molecule has 0 amide bonds. The lowest BCUT2D eigenvalue weighted by Gasteiger charge is -2.26. The molecular formula is C54H93NO8. The third-order valence-corrected chi connectivity index (χ3v) is 10.5. The van der Waals surface area contributed by atoms with E-state index in [1.807, 2.05) is 21.1 Å². The van der Waals surface area contributed by atoms with E-state index in [9.17, 15) is 19.5 Å². The summed E-state index contributed by atoms with van der Waals surface area (Å²) in [6.45, 7) is 4.60. The number of carboxylic acid groups (broad SMARTS) is 1. The lowest BCUT2D eigenvalue weighted by atomic mass is 10.0. The van der Waals surface area contributed by atoms with Crippen LogP contribution < -0.4 is 5.11 Å². The van der Waals surface area contributed by atoms with Crippen LogP contribution in [-0.4, -0.2) is 82.3 Å². The molecule has 63 heavy (non-hydrogen) atoms. The molecule has 0 radical (unpaired) electrons. The molecule has 0 fully saturated rings. The minimum Gasteiger partial charge on any atom is -0.545 e. The second kappa shape index (κ2) is 45.3. The van der Waals surface area contributed by atoms with Crippen LogP contribution in [0.3, 0.4) is 0 Å². The van der Waals surface area contributed by atoms with Gasteiger partial charge in [-0.15, -0.1) is 0 Å². The molecular weight excluding hydrogens is 791 g/mol. The number of likely N-dealkylation sites (N-methyl/N-ethyl adjacent to an activating group) is 1. The van der Waals surface area contributed by atoms with Crippen molar-refractivity contribution in [1.82, 2.24) is 0 Å². The largest absolute Gasteiger partial charge is 0.545 e. The van der Waals surface area contributed by atoms with Gasteiger partial charge in [0.05, 0.1) is 40.3 Å². The molecule has 0 heterocycles. The Balaban J connectivity index is 4.37. The average Bonchev–Trinajstić information content (AvgIpc) is 3.24. The third-order valence-electron chi connectivity index (χ3n) is 10.5. The average molecular weight is 884 g/mol. The maximum Gasteiger partial charge on any atom is 0.306 e. The highest BCUT2D eigenvalue weighted by molar-refractivity contribution is 5.70. The first kappa shape index (κ1) is 59.7. The third kappa shape index (κ3) is 46.5. The number of esters is 2. The molecule has 0 aromatic rings. The molecule has 0 saturated carbocycles. The van der Waals surface area contributed by atoms with Crippen LogP contribution in [0.15, 0.2) is 72.9 Å². The molecule has 0 aliphatic carbocycles. The summed E-state index contributed by atoms with van der Waals surface area (Å²) in [4.78, 5) is 37.1. The van der Waals surface area contributed by atoms with Crippen molar-refractivity contribution in [3.8, 4) is 0 Å². The number of ether oxygens (including phenoxy) is 4. The smallest absolute Gasteiger partial charge is 0.306 e. The number of rotatable bonds is 45. The van der Waals surface area contributed by atoms with E-state index in [1.54, 1.807) is 0 Å². The molecule has 9 heteroatoms. The van der Waals surface area contributed by atoms with Gasteiger partial charge in [-0.3, -0.25) is 9.59 Å². The summed E-state index contributed by atoms with van der Waals surface area (Å²) in [5.41, 5.74) is 0. The number of hydrogen-bond donors (Lipinski definition) is 0. The minimum atomic E-state index is -1.63. The van der Waals surface area contributed by atoms with Crippen LogP contribution in [0.1, 0.15) is 194 Å². The zero-order valence-corrected chi connectivity index (χ0v) is 40.9. The molecule has 2 unspecified atom stereocenters. The number of quaternary nitrogens is 1. The first-order valence-corrected chi connectivity index (χ1v) is 25.1. The molecule has 0 spiro atoms. The highest BCUT2D eigenvalue weighted by Crippen LogP contribution is 2.14. The van der Waals surface area contributed by atoms with E-state index in [-0.39, 0.29) is 38.6 Å². The number of carbonyl (C=O) groups excluding carboxylic acids is 3. The Morgan fingerprint density at radius 2 is 0.905 bits per heavy atom. The number of allylic oxidation sites excluding steroid dienone is 12. The Morgan fingerprint density at radius 3 is 1.35 bits per heavy atom. The molecule has 9 nitrogen and oxygen atoms in total. The van der Waals surface area contributed by atoms with Crippen LogP contribution in [0.4, 0.5) is 0 Å². The van der Waals surface area contributed by atoms with Gasteiger partial charge in [-0.2, -0.15) is 0 Å². The predicted octanol–water partition coefficient (Wildman–Crippen LogP) is 12.6. The second-order valence-corrected chi connectivity index (χ2v) is 17.7. The summed E-state index contributed by atoms with van der Waals surface area (Å²) in [5.74, 6) is -2.31. The Labute approximate surface area is 386 Å². The van der Waals surface area contributed by atoms with E-state index in [0.29, 0.717) is 17.4 Å². The Hall–Kier alpha value is -3.27. The monoisotopic (exact) mass is 884 g/mol. The molecule has 0 rings (SSSR count). The lowest BCUT2D eigenvalue weighted by molar-refractivity contribution is -0.870. The van der Waals surface area contributed by atoms with Crippen molar-refractivity contribution in [2.45, 2.75) is 206 Å². The summed E-state index contributed by atoms with van der Waals surface area (Å²) in [6.07, 6.45) is 53.6. The molecule has 0 aliphatic rings. The van der Waals surface area contributed by atoms with Crippen LogP contribution in [0.2, 0.25) is 0 Å². The number of unbranched alkanes of at least 4 members (excludes halogenated alkanes) is 18. The molecule has 2 atom stereocenters. The number of aliphatic carboxylic acids is 1. The van der Waals surface area contributed by atoms with E-state index >= 15 is 0 Å². The van der Waals surface area contributed by atoms with Crippen LogP contribution in [0.25, 0.3) is 0 Å². The molecule has 362 valence electrons. The van der Waals surface area contributed by atoms with E-state index in [4.69, 9.17) is 18.9 Å². The summed E-state index contributed by atoms with van der Waals surface area (Å²) < 4.78 is 22.6. The highest BCUT2D eigenvalue weighted by atomic mass is 16.7. The Kier molecular flexibility index (Phi) is 43.0.